The molecule has 0 spiro atoms. The van der Waals surface area contributed by atoms with E-state index < -0.39 is 35.4 Å². The summed E-state index contributed by atoms with van der Waals surface area (Å²) in [6, 6.07) is 13.2. The first-order chi connectivity index (χ1) is 13.2. The molecule has 0 radical (unpaired) electrons. The van der Waals surface area contributed by atoms with E-state index in [1.54, 1.807) is 24.3 Å². The van der Waals surface area contributed by atoms with Gasteiger partial charge in [-0.05, 0) is 43.2 Å². The van der Waals surface area contributed by atoms with Crippen molar-refractivity contribution in [2.75, 3.05) is 5.32 Å². The Morgan fingerprint density at radius 3 is 2.39 bits per heavy atom. The molecule has 8 heteroatoms. The van der Waals surface area contributed by atoms with Crippen LogP contribution in [0.3, 0.4) is 0 Å². The molecule has 2 aromatic rings. The van der Waals surface area contributed by atoms with Crippen LogP contribution in [0, 0.1) is 11.3 Å². The third-order valence-corrected chi connectivity index (χ3v) is 3.87. The van der Waals surface area contributed by atoms with Crippen LogP contribution in [0.15, 0.2) is 48.5 Å². The summed E-state index contributed by atoms with van der Waals surface area (Å²) in [5.74, 6) is -1.51. The maximum atomic E-state index is 13.0. The zero-order chi connectivity index (χ0) is 20.7. The van der Waals surface area contributed by atoms with Gasteiger partial charge in [0.15, 0.2) is 6.10 Å². The van der Waals surface area contributed by atoms with Crippen molar-refractivity contribution in [2.45, 2.75) is 32.0 Å². The number of ether oxygens (including phenoxy) is 1. The highest BCUT2D eigenvalue weighted by atomic mass is 19.4. The second-order valence-electron chi connectivity index (χ2n) is 5.97. The largest absolute Gasteiger partial charge is 0.453 e. The maximum Gasteiger partial charge on any atom is 0.418 e. The number of aryl methyl sites for hydroxylation is 1. The predicted molar refractivity (Wildman–Crippen MR) is 95.1 cm³/mol. The van der Waals surface area contributed by atoms with E-state index in [1.807, 2.05) is 6.07 Å². The van der Waals surface area contributed by atoms with Gasteiger partial charge in [-0.15, -0.1) is 0 Å². The van der Waals surface area contributed by atoms with Crippen LogP contribution in [0.4, 0.5) is 18.9 Å². The normalized spacial score (nSPS) is 12.0. The van der Waals surface area contributed by atoms with E-state index in [2.05, 4.69) is 5.32 Å². The minimum absolute atomic E-state index is 0.0113. The summed E-state index contributed by atoms with van der Waals surface area (Å²) in [5, 5.41) is 10.9. The molecule has 28 heavy (non-hydrogen) atoms. The number of nitriles is 1. The summed E-state index contributed by atoms with van der Waals surface area (Å²) in [5.41, 5.74) is -0.0777. The van der Waals surface area contributed by atoms with Crippen molar-refractivity contribution < 1.29 is 27.5 Å². The van der Waals surface area contributed by atoms with Crippen molar-refractivity contribution in [3.63, 3.8) is 0 Å². The van der Waals surface area contributed by atoms with Gasteiger partial charge < -0.3 is 10.1 Å². The number of alkyl halides is 3. The molecule has 0 saturated carbocycles. The molecule has 0 bridgehead atoms. The van der Waals surface area contributed by atoms with Gasteiger partial charge in [-0.1, -0.05) is 24.3 Å². The van der Waals surface area contributed by atoms with Crippen LogP contribution in [0.25, 0.3) is 0 Å². The SMILES string of the molecule is CC(OC(=O)CCc1ccc(C#N)cc1)C(=O)Nc1ccccc1C(F)(F)F. The Kier molecular flexibility index (Phi) is 6.77. The number of amides is 1. The lowest BCUT2D eigenvalue weighted by atomic mass is 10.1. The van der Waals surface area contributed by atoms with Gasteiger partial charge in [-0.25, -0.2) is 0 Å². The molecule has 0 aliphatic carbocycles. The Labute approximate surface area is 159 Å². The number of para-hydroxylation sites is 1. The number of anilines is 1. The standard InChI is InChI=1S/C20H17F3N2O3/c1-13(19(27)25-17-5-3-2-4-16(17)20(21,22)23)28-18(26)11-10-14-6-8-15(12-24)9-7-14/h2-9,13H,10-11H2,1H3,(H,25,27). The predicted octanol–water partition coefficient (Wildman–Crippen LogP) is 4.08. The molecule has 0 fully saturated rings. The van der Waals surface area contributed by atoms with Crippen molar-refractivity contribution in [1.29, 1.82) is 5.26 Å². The third-order valence-electron chi connectivity index (χ3n) is 3.87. The van der Waals surface area contributed by atoms with Gasteiger partial charge in [0.2, 0.25) is 0 Å². The number of nitrogens with one attached hydrogen (secondary N) is 1. The van der Waals surface area contributed by atoms with Crippen molar-refractivity contribution in [3.8, 4) is 6.07 Å². The topological polar surface area (TPSA) is 79.2 Å². The lowest BCUT2D eigenvalue weighted by Crippen LogP contribution is -2.30. The van der Waals surface area contributed by atoms with Gasteiger partial charge in [0.05, 0.1) is 22.9 Å². The first-order valence-corrected chi connectivity index (χ1v) is 8.36. The molecular formula is C20H17F3N2O3. The lowest BCUT2D eigenvalue weighted by molar-refractivity contribution is -0.153. The fraction of sp³-hybridized carbons (Fsp3) is 0.250. The second-order valence-corrected chi connectivity index (χ2v) is 5.97. The molecule has 1 amide bonds. The van der Waals surface area contributed by atoms with Crippen molar-refractivity contribution in [3.05, 3.63) is 65.2 Å². The maximum absolute atomic E-state index is 13.0. The molecule has 1 atom stereocenters. The molecule has 0 aromatic heterocycles. The van der Waals surface area contributed by atoms with E-state index in [4.69, 9.17) is 10.00 Å². The van der Waals surface area contributed by atoms with Crippen molar-refractivity contribution in [2.24, 2.45) is 0 Å². The number of esters is 1. The summed E-state index contributed by atoms with van der Waals surface area (Å²) in [7, 11) is 0. The van der Waals surface area contributed by atoms with E-state index >= 15 is 0 Å². The van der Waals surface area contributed by atoms with Crippen molar-refractivity contribution in [1.82, 2.24) is 0 Å². The molecule has 1 N–H and O–H groups in total. The van der Waals surface area contributed by atoms with Crippen LogP contribution >= 0.6 is 0 Å². The van der Waals surface area contributed by atoms with E-state index in [9.17, 15) is 22.8 Å². The minimum Gasteiger partial charge on any atom is -0.453 e. The summed E-state index contributed by atoms with van der Waals surface area (Å²) < 4.78 is 43.9. The third kappa shape index (κ3) is 5.84. The molecule has 1 unspecified atom stereocenters. The van der Waals surface area contributed by atoms with Crippen LogP contribution in [0.5, 0.6) is 0 Å². The van der Waals surface area contributed by atoms with Gasteiger partial charge in [0.1, 0.15) is 0 Å². The molecule has 0 heterocycles. The lowest BCUT2D eigenvalue weighted by Gasteiger charge is -2.16. The van der Waals surface area contributed by atoms with Gasteiger partial charge in [-0.2, -0.15) is 18.4 Å². The number of halogens is 3. The zero-order valence-electron chi connectivity index (χ0n) is 14.9. The fourth-order valence-electron chi connectivity index (χ4n) is 2.38. The quantitative estimate of drug-likeness (QED) is 0.754. The average molecular weight is 390 g/mol. The van der Waals surface area contributed by atoms with Crippen LogP contribution in [0.2, 0.25) is 0 Å². The molecular weight excluding hydrogens is 373 g/mol. The number of hydrogen-bond acceptors (Lipinski definition) is 4. The number of nitrogens with zero attached hydrogens (tertiary/aromatic N) is 1. The minimum atomic E-state index is -4.62. The molecule has 5 nitrogen and oxygen atoms in total. The Balaban J connectivity index is 1.90. The molecule has 0 aliphatic rings. The summed E-state index contributed by atoms with van der Waals surface area (Å²) in [6.07, 6.45) is -5.54. The van der Waals surface area contributed by atoms with E-state index in [0.717, 1.165) is 17.7 Å². The highest BCUT2D eigenvalue weighted by Crippen LogP contribution is 2.34. The number of rotatable bonds is 6. The molecule has 146 valence electrons. The monoisotopic (exact) mass is 390 g/mol. The van der Waals surface area contributed by atoms with Crippen LogP contribution < -0.4 is 5.32 Å². The smallest absolute Gasteiger partial charge is 0.418 e. The zero-order valence-corrected chi connectivity index (χ0v) is 14.9. The second kappa shape index (κ2) is 9.04. The van der Waals surface area contributed by atoms with Gasteiger partial charge in [-0.3, -0.25) is 9.59 Å². The van der Waals surface area contributed by atoms with Gasteiger partial charge in [0.25, 0.3) is 5.91 Å². The van der Waals surface area contributed by atoms with Crippen LogP contribution in [-0.4, -0.2) is 18.0 Å². The Morgan fingerprint density at radius 1 is 1.14 bits per heavy atom. The first kappa shape index (κ1) is 21.0. The number of hydrogen-bond donors (Lipinski definition) is 1. The molecule has 0 saturated heterocycles. The van der Waals surface area contributed by atoms with E-state index in [1.165, 1.54) is 19.1 Å². The molecule has 2 rings (SSSR count). The van der Waals surface area contributed by atoms with E-state index in [-0.39, 0.29) is 6.42 Å². The van der Waals surface area contributed by atoms with E-state index in [0.29, 0.717) is 12.0 Å². The summed E-state index contributed by atoms with van der Waals surface area (Å²) in [6.45, 7) is 1.28. The Morgan fingerprint density at radius 2 is 1.79 bits per heavy atom. The highest BCUT2D eigenvalue weighted by Gasteiger charge is 2.34. The molecule has 2 aromatic carbocycles. The number of carbonyl (C=O) groups excluding carboxylic acids is 2. The van der Waals surface area contributed by atoms with Crippen molar-refractivity contribution >= 4 is 17.6 Å². The average Bonchev–Trinajstić information content (AvgIpc) is 2.66. The molecule has 0 aliphatic heterocycles. The highest BCUT2D eigenvalue weighted by molar-refractivity contribution is 5.95. The summed E-state index contributed by atoms with van der Waals surface area (Å²) in [4.78, 5) is 24.0. The van der Waals surface area contributed by atoms with Crippen LogP contribution in [-0.2, 0) is 26.9 Å². The number of benzene rings is 2. The fourth-order valence-corrected chi connectivity index (χ4v) is 2.38. The van der Waals surface area contributed by atoms with Gasteiger partial charge in [0, 0.05) is 6.42 Å². The first-order valence-electron chi connectivity index (χ1n) is 8.36. The Hall–Kier alpha value is -3.34. The Bertz CT molecular complexity index is 887. The number of carbonyl (C=O) groups is 2. The van der Waals surface area contributed by atoms with Gasteiger partial charge >= 0.3 is 12.1 Å². The van der Waals surface area contributed by atoms with Crippen LogP contribution in [0.1, 0.15) is 30.0 Å². The summed E-state index contributed by atoms with van der Waals surface area (Å²) >= 11 is 0.